The van der Waals surface area contributed by atoms with Crippen molar-refractivity contribution in [2.24, 2.45) is 0 Å². The summed E-state index contributed by atoms with van der Waals surface area (Å²) in [5.41, 5.74) is 0. The van der Waals surface area contributed by atoms with Gasteiger partial charge < -0.3 is 70.1 Å². The Morgan fingerprint density at radius 2 is 1.06 bits per heavy atom. The van der Waals surface area contributed by atoms with Crippen LogP contribution in [0.25, 0.3) is 0 Å². The van der Waals surface area contributed by atoms with Crippen LogP contribution in [-0.2, 0) is 47.6 Å². The van der Waals surface area contributed by atoms with Crippen LogP contribution in [0.15, 0.2) is 25.3 Å². The Morgan fingerprint density at radius 1 is 0.647 bits per heavy atom. The van der Waals surface area contributed by atoms with Crippen molar-refractivity contribution in [1.29, 1.82) is 0 Å². The molecule has 2 aliphatic heterocycles. The van der Waals surface area contributed by atoms with Gasteiger partial charge in [0.2, 0.25) is 23.6 Å². The fourth-order valence-corrected chi connectivity index (χ4v) is 4.93. The molecule has 2 saturated heterocycles. The number of rotatable bonds is 25. The zero-order chi connectivity index (χ0) is 37.6. The monoisotopic (exact) mass is 733 g/mol. The van der Waals surface area contributed by atoms with E-state index in [1.165, 1.54) is 17.1 Å². The first-order valence-electron chi connectivity index (χ1n) is 16.9. The summed E-state index contributed by atoms with van der Waals surface area (Å²) < 4.78 is 32.7. The average molecular weight is 734 g/mol. The van der Waals surface area contributed by atoms with E-state index in [2.05, 4.69) is 34.4 Å². The molecule has 0 bridgehead atoms. The molecule has 2 heterocycles. The quantitative estimate of drug-likeness (QED) is 0.0328. The zero-order valence-electron chi connectivity index (χ0n) is 29.1. The van der Waals surface area contributed by atoms with E-state index in [1.54, 1.807) is 7.05 Å². The van der Waals surface area contributed by atoms with Crippen LogP contribution in [0, 0.1) is 0 Å². The molecule has 0 aromatic heterocycles. The van der Waals surface area contributed by atoms with Crippen LogP contribution in [0.5, 0.6) is 0 Å². The number of amides is 4. The van der Waals surface area contributed by atoms with Crippen LogP contribution < -0.4 is 21.3 Å². The number of carbonyl (C=O) groups excluding carboxylic acids is 4. The molecule has 0 radical (unpaired) electrons. The molecule has 2 rings (SSSR count). The minimum Gasteiger partial charge on any atom is -0.390 e. The van der Waals surface area contributed by atoms with Gasteiger partial charge in [-0.05, 0) is 0 Å². The number of nitrogens with zero attached hydrogens (tertiary/aromatic N) is 1. The third-order valence-corrected chi connectivity index (χ3v) is 7.61. The summed E-state index contributed by atoms with van der Waals surface area (Å²) >= 11 is 0. The van der Waals surface area contributed by atoms with Gasteiger partial charge in [-0.25, -0.2) is 0 Å². The van der Waals surface area contributed by atoms with Gasteiger partial charge in [-0.1, -0.05) is 12.2 Å². The highest BCUT2D eigenvalue weighted by Crippen LogP contribution is 2.22. The van der Waals surface area contributed by atoms with Crippen molar-refractivity contribution in [3.05, 3.63) is 25.3 Å². The van der Waals surface area contributed by atoms with Gasteiger partial charge in [0.15, 0.2) is 12.6 Å². The largest absolute Gasteiger partial charge is 0.390 e. The second-order valence-corrected chi connectivity index (χ2v) is 11.7. The van der Waals surface area contributed by atoms with Crippen LogP contribution in [0.2, 0.25) is 0 Å². The van der Waals surface area contributed by atoms with Gasteiger partial charge in [0.1, 0.15) is 24.4 Å². The van der Waals surface area contributed by atoms with Gasteiger partial charge in [-0.2, -0.15) is 0 Å². The first-order chi connectivity index (χ1) is 24.5. The summed E-state index contributed by atoms with van der Waals surface area (Å²) in [5, 5.41) is 50.5. The summed E-state index contributed by atoms with van der Waals surface area (Å²) in [6.45, 7) is 7.38. The maximum Gasteiger partial charge on any atom is 0.234 e. The van der Waals surface area contributed by atoms with Crippen molar-refractivity contribution in [1.82, 2.24) is 26.2 Å². The molecule has 8 atom stereocenters. The molecule has 19 heteroatoms. The van der Waals surface area contributed by atoms with E-state index in [9.17, 15) is 39.6 Å². The average Bonchev–Trinajstić information content (AvgIpc) is 3.09. The second-order valence-electron chi connectivity index (χ2n) is 11.7. The van der Waals surface area contributed by atoms with Gasteiger partial charge in [0, 0.05) is 45.9 Å². The van der Waals surface area contributed by atoms with Crippen LogP contribution in [0.1, 0.15) is 19.3 Å². The minimum absolute atomic E-state index is 0.0284. The number of hydrogen-bond acceptors (Lipinski definition) is 15. The summed E-state index contributed by atoms with van der Waals surface area (Å²) in [6.07, 6.45) is -4.28. The highest BCUT2D eigenvalue weighted by Gasteiger charge is 2.36. The number of nitrogens with one attached hydrogen (secondary N) is 4. The predicted molar refractivity (Wildman–Crippen MR) is 179 cm³/mol. The van der Waals surface area contributed by atoms with E-state index >= 15 is 0 Å². The van der Waals surface area contributed by atoms with Crippen LogP contribution >= 0.6 is 0 Å². The molecule has 0 aromatic rings. The molecule has 2 fully saturated rings. The molecule has 0 aliphatic carbocycles. The Labute approximate surface area is 297 Å². The summed E-state index contributed by atoms with van der Waals surface area (Å²) in [4.78, 5) is 50.7. The lowest BCUT2D eigenvalue weighted by atomic mass is 10.0. The summed E-state index contributed by atoms with van der Waals surface area (Å²) in [7, 11) is 1.54. The van der Waals surface area contributed by atoms with Gasteiger partial charge in [-0.15, -0.1) is 13.2 Å². The molecule has 51 heavy (non-hydrogen) atoms. The Balaban J connectivity index is 1.78. The zero-order valence-corrected chi connectivity index (χ0v) is 29.1. The molecule has 8 N–H and O–H groups in total. The van der Waals surface area contributed by atoms with Crippen LogP contribution in [0.4, 0.5) is 0 Å². The molecular weight excluding hydrogens is 678 g/mol. The Kier molecular flexibility index (Phi) is 21.6. The fourth-order valence-electron chi connectivity index (χ4n) is 4.93. The lowest BCUT2D eigenvalue weighted by Gasteiger charge is -2.35. The number of aliphatic hydroxyl groups is 4. The van der Waals surface area contributed by atoms with E-state index in [0.29, 0.717) is 0 Å². The third kappa shape index (κ3) is 17.8. The molecule has 0 spiro atoms. The normalized spacial score (nSPS) is 26.2. The van der Waals surface area contributed by atoms with Crippen molar-refractivity contribution in [3.8, 4) is 0 Å². The van der Waals surface area contributed by atoms with E-state index in [4.69, 9.17) is 28.4 Å². The highest BCUT2D eigenvalue weighted by molar-refractivity contribution is 5.84. The van der Waals surface area contributed by atoms with E-state index in [-0.39, 0.29) is 104 Å². The SMILES string of the molecule is C=C[C@@H]1O[C@@H](OCCNC(=O)CN(CC(=O)NCCOCCOCCC(=O)NC)CC(=O)NCCO[C@@H]2O[C@@H](C=C)[C@@H](O)C[C@@H]2O)[C@@H](O)C[C@@H]1O. The third-order valence-electron chi connectivity index (χ3n) is 7.61. The molecule has 0 aromatic carbocycles. The Hall–Kier alpha value is -3.08. The standard InChI is InChI=1S/C32H55N5O14/c1-4-25-21(38)16-23(40)31(50-25)48-12-8-35-29(44)19-37(18-28(43)34-7-11-47-15-14-46-10-6-27(42)33-3)20-30(45)36-9-13-49-32-24(41)17-22(39)26(5-2)51-32/h4-5,21-26,31-32,38-41H,1-2,6-20H2,3H3,(H,33,42)(H,34,43)(H,35,44)(H,36,45)/t21-,22-,23-,24-,25-,26-,31+,32+/m0/s1. The first-order valence-corrected chi connectivity index (χ1v) is 16.9. The van der Waals surface area contributed by atoms with Crippen molar-refractivity contribution in [2.75, 3.05) is 86.0 Å². The second kappa shape index (κ2) is 25.0. The molecule has 0 unspecified atom stereocenters. The summed E-state index contributed by atoms with van der Waals surface area (Å²) in [5.74, 6) is -1.60. The maximum absolute atomic E-state index is 12.7. The van der Waals surface area contributed by atoms with Gasteiger partial charge in [-0.3, -0.25) is 24.1 Å². The number of hydrogen-bond donors (Lipinski definition) is 8. The minimum atomic E-state index is -1.07. The van der Waals surface area contributed by atoms with E-state index < -0.39 is 66.9 Å². The van der Waals surface area contributed by atoms with Crippen molar-refractivity contribution < 1.29 is 68.0 Å². The lowest BCUT2D eigenvalue weighted by Crippen LogP contribution is -2.49. The first kappa shape index (κ1) is 44.1. The molecule has 2 aliphatic rings. The Bertz CT molecular complexity index is 1030. The fraction of sp³-hybridized carbons (Fsp3) is 0.750. The van der Waals surface area contributed by atoms with E-state index in [0.717, 1.165) is 0 Å². The van der Waals surface area contributed by atoms with Gasteiger partial charge in [0.25, 0.3) is 0 Å². The molecule has 4 amide bonds. The number of ether oxygens (including phenoxy) is 6. The van der Waals surface area contributed by atoms with E-state index in [1.807, 2.05) is 0 Å². The van der Waals surface area contributed by atoms with Crippen molar-refractivity contribution in [3.63, 3.8) is 0 Å². The molecule has 0 saturated carbocycles. The van der Waals surface area contributed by atoms with Crippen LogP contribution in [-0.4, -0.2) is 184 Å². The van der Waals surface area contributed by atoms with Gasteiger partial charge in [0.05, 0.1) is 71.5 Å². The Morgan fingerprint density at radius 3 is 1.47 bits per heavy atom. The maximum atomic E-state index is 12.7. The smallest absolute Gasteiger partial charge is 0.234 e. The lowest BCUT2D eigenvalue weighted by molar-refractivity contribution is -0.253. The highest BCUT2D eigenvalue weighted by atomic mass is 16.7. The summed E-state index contributed by atoms with van der Waals surface area (Å²) in [6, 6.07) is 0. The van der Waals surface area contributed by atoms with Gasteiger partial charge >= 0.3 is 0 Å². The number of aliphatic hydroxyl groups excluding tert-OH is 4. The van der Waals surface area contributed by atoms with Crippen molar-refractivity contribution in [2.45, 2.75) is 68.5 Å². The van der Waals surface area contributed by atoms with Crippen LogP contribution in [0.3, 0.4) is 0 Å². The number of carbonyl (C=O) groups is 4. The predicted octanol–water partition coefficient (Wildman–Crippen LogP) is -4.11. The molecular formula is C32H55N5O14. The topological polar surface area (TPSA) is 256 Å². The molecule has 19 nitrogen and oxygen atoms in total. The van der Waals surface area contributed by atoms with Crippen molar-refractivity contribution >= 4 is 23.6 Å². The molecule has 292 valence electrons.